The summed E-state index contributed by atoms with van der Waals surface area (Å²) in [7, 11) is 0. The topological polar surface area (TPSA) is 66.9 Å². The molecule has 0 radical (unpaired) electrons. The van der Waals surface area contributed by atoms with Crippen molar-refractivity contribution in [3.05, 3.63) is 64.2 Å². The highest BCUT2D eigenvalue weighted by Crippen LogP contribution is 2.20. The molecular formula is C15H12ClN3O2. The van der Waals surface area contributed by atoms with Gasteiger partial charge in [0.1, 0.15) is 6.54 Å². The Balaban J connectivity index is 1.83. The van der Waals surface area contributed by atoms with Gasteiger partial charge in [0.25, 0.3) is 5.56 Å². The van der Waals surface area contributed by atoms with E-state index in [1.807, 2.05) is 0 Å². The fourth-order valence-electron chi connectivity index (χ4n) is 2.18. The summed E-state index contributed by atoms with van der Waals surface area (Å²) in [5.74, 6) is -0.208. The highest BCUT2D eigenvalue weighted by Gasteiger charge is 2.09. The van der Waals surface area contributed by atoms with Crippen LogP contribution < -0.4 is 10.9 Å². The maximum Gasteiger partial charge on any atom is 0.257 e. The molecule has 0 saturated carbocycles. The first-order valence-corrected chi connectivity index (χ1v) is 6.74. The highest BCUT2D eigenvalue weighted by atomic mass is 35.5. The second kappa shape index (κ2) is 5.46. The minimum Gasteiger partial charge on any atom is -0.338 e. The molecule has 0 spiro atoms. The Bertz CT molecular complexity index is 866. The number of para-hydroxylation sites is 1. The summed E-state index contributed by atoms with van der Waals surface area (Å²) in [6, 6.07) is 10.5. The molecule has 2 N–H and O–H groups in total. The van der Waals surface area contributed by atoms with Crippen molar-refractivity contribution >= 4 is 34.1 Å². The summed E-state index contributed by atoms with van der Waals surface area (Å²) in [5, 5.41) is 3.79. The number of aromatic amines is 1. The van der Waals surface area contributed by atoms with Crippen LogP contribution in [0.3, 0.4) is 0 Å². The quantitative estimate of drug-likeness (QED) is 0.781. The lowest BCUT2D eigenvalue weighted by Crippen LogP contribution is -2.18. The number of H-pyrrole nitrogens is 1. The van der Waals surface area contributed by atoms with Gasteiger partial charge in [-0.3, -0.25) is 9.59 Å². The second-order valence-electron chi connectivity index (χ2n) is 4.58. The predicted octanol–water partition coefficient (Wildman–Crippen LogP) is 2.62. The minimum absolute atomic E-state index is 0.109. The van der Waals surface area contributed by atoms with E-state index < -0.39 is 0 Å². The Morgan fingerprint density at radius 1 is 1.24 bits per heavy atom. The van der Waals surface area contributed by atoms with Gasteiger partial charge >= 0.3 is 0 Å². The van der Waals surface area contributed by atoms with E-state index in [9.17, 15) is 9.59 Å². The van der Waals surface area contributed by atoms with Crippen LogP contribution in [0.2, 0.25) is 5.02 Å². The smallest absolute Gasteiger partial charge is 0.257 e. The normalized spacial score (nSPS) is 10.7. The van der Waals surface area contributed by atoms with Crippen molar-refractivity contribution in [2.24, 2.45) is 0 Å². The summed E-state index contributed by atoms with van der Waals surface area (Å²) >= 11 is 6.00. The number of aromatic nitrogens is 2. The van der Waals surface area contributed by atoms with Gasteiger partial charge in [-0.1, -0.05) is 23.7 Å². The van der Waals surface area contributed by atoms with Gasteiger partial charge < -0.3 is 14.9 Å². The van der Waals surface area contributed by atoms with Crippen molar-refractivity contribution in [1.29, 1.82) is 0 Å². The van der Waals surface area contributed by atoms with E-state index in [1.165, 1.54) is 0 Å². The van der Waals surface area contributed by atoms with Crippen molar-refractivity contribution in [2.75, 3.05) is 5.32 Å². The van der Waals surface area contributed by atoms with Gasteiger partial charge in [-0.25, -0.2) is 0 Å². The van der Waals surface area contributed by atoms with Crippen LogP contribution in [0, 0.1) is 0 Å². The number of carbonyl (C=O) groups excluding carboxylic acids is 1. The molecule has 1 aromatic carbocycles. The van der Waals surface area contributed by atoms with Crippen LogP contribution in [-0.2, 0) is 11.3 Å². The van der Waals surface area contributed by atoms with Crippen molar-refractivity contribution in [2.45, 2.75) is 6.54 Å². The minimum atomic E-state index is -0.208. The van der Waals surface area contributed by atoms with Crippen LogP contribution >= 0.6 is 11.6 Å². The number of benzene rings is 1. The van der Waals surface area contributed by atoms with E-state index in [1.54, 1.807) is 53.4 Å². The molecule has 1 amide bonds. The molecule has 0 atom stereocenters. The number of nitrogens with one attached hydrogen (secondary N) is 2. The van der Waals surface area contributed by atoms with Crippen LogP contribution in [0.4, 0.5) is 5.69 Å². The molecule has 3 rings (SSSR count). The number of amides is 1. The van der Waals surface area contributed by atoms with E-state index in [0.29, 0.717) is 21.6 Å². The number of nitrogens with zero attached hydrogens (tertiary/aromatic N) is 1. The van der Waals surface area contributed by atoms with E-state index in [4.69, 9.17) is 11.6 Å². The van der Waals surface area contributed by atoms with E-state index in [0.717, 1.165) is 0 Å². The molecule has 106 valence electrons. The van der Waals surface area contributed by atoms with Gasteiger partial charge in [0.2, 0.25) is 5.91 Å². The van der Waals surface area contributed by atoms with Gasteiger partial charge in [0, 0.05) is 12.4 Å². The monoisotopic (exact) mass is 301 g/mol. The fourth-order valence-corrected chi connectivity index (χ4v) is 2.36. The van der Waals surface area contributed by atoms with Gasteiger partial charge in [0.15, 0.2) is 0 Å². The lowest BCUT2D eigenvalue weighted by molar-refractivity contribution is -0.116. The average molecular weight is 302 g/mol. The van der Waals surface area contributed by atoms with Crippen LogP contribution in [0.5, 0.6) is 0 Å². The number of hydrogen-bond acceptors (Lipinski definition) is 2. The molecule has 0 aliphatic heterocycles. The first-order valence-electron chi connectivity index (χ1n) is 6.36. The van der Waals surface area contributed by atoms with Crippen molar-refractivity contribution in [1.82, 2.24) is 9.55 Å². The molecule has 6 heteroatoms. The molecule has 21 heavy (non-hydrogen) atoms. The number of halogens is 1. The number of hydrogen-bond donors (Lipinski definition) is 2. The molecule has 0 aliphatic rings. The Kier molecular flexibility index (Phi) is 3.50. The van der Waals surface area contributed by atoms with Crippen LogP contribution in [-0.4, -0.2) is 15.5 Å². The summed E-state index contributed by atoms with van der Waals surface area (Å²) < 4.78 is 1.72. The third-order valence-electron chi connectivity index (χ3n) is 3.17. The molecule has 2 heterocycles. The Morgan fingerprint density at radius 3 is 2.86 bits per heavy atom. The summed E-state index contributed by atoms with van der Waals surface area (Å²) in [5.41, 5.74) is 1.12. The molecule has 3 aromatic rings. The molecule has 0 saturated heterocycles. The third-order valence-corrected chi connectivity index (χ3v) is 3.50. The van der Waals surface area contributed by atoms with E-state index in [-0.39, 0.29) is 18.0 Å². The lowest BCUT2D eigenvalue weighted by atomic mass is 10.3. The van der Waals surface area contributed by atoms with Crippen molar-refractivity contribution < 1.29 is 4.79 Å². The maximum atomic E-state index is 12.1. The average Bonchev–Trinajstić information content (AvgIpc) is 2.86. The summed E-state index contributed by atoms with van der Waals surface area (Å²) in [6.45, 7) is 0.109. The largest absolute Gasteiger partial charge is 0.338 e. The zero-order chi connectivity index (χ0) is 14.8. The highest BCUT2D eigenvalue weighted by molar-refractivity contribution is 6.33. The van der Waals surface area contributed by atoms with Crippen LogP contribution in [0.25, 0.3) is 10.9 Å². The van der Waals surface area contributed by atoms with Crippen LogP contribution in [0.15, 0.2) is 53.6 Å². The number of carbonyl (C=O) groups is 1. The molecule has 0 bridgehead atoms. The second-order valence-corrected chi connectivity index (χ2v) is 4.98. The van der Waals surface area contributed by atoms with Crippen LogP contribution in [0.1, 0.15) is 0 Å². The number of pyridine rings is 1. The molecule has 5 nitrogen and oxygen atoms in total. The first-order chi connectivity index (χ1) is 10.1. The zero-order valence-corrected chi connectivity index (χ0v) is 11.7. The molecular weight excluding hydrogens is 290 g/mol. The van der Waals surface area contributed by atoms with Gasteiger partial charge in [-0.2, -0.15) is 0 Å². The number of fused-ring (bicyclic) bond motifs is 1. The van der Waals surface area contributed by atoms with E-state index >= 15 is 0 Å². The third kappa shape index (κ3) is 2.68. The first kappa shape index (κ1) is 13.5. The molecule has 0 aliphatic carbocycles. The number of rotatable bonds is 3. The Hall–Kier alpha value is -2.53. The van der Waals surface area contributed by atoms with Gasteiger partial charge in [-0.05, 0) is 24.3 Å². The SMILES string of the molecule is O=C(Cn1ccc2c(=O)[nH]ccc21)Nc1ccccc1Cl. The Labute approximate surface area is 125 Å². The van der Waals surface area contributed by atoms with Crippen molar-refractivity contribution in [3.8, 4) is 0 Å². The molecule has 2 aromatic heterocycles. The summed E-state index contributed by atoms with van der Waals surface area (Å²) in [4.78, 5) is 26.3. The van der Waals surface area contributed by atoms with Gasteiger partial charge in [-0.15, -0.1) is 0 Å². The lowest BCUT2D eigenvalue weighted by Gasteiger charge is -2.08. The fraction of sp³-hybridized carbons (Fsp3) is 0.0667. The standard InChI is InChI=1S/C15H12ClN3O2/c16-11-3-1-2-4-12(11)18-14(20)9-19-8-6-10-13(19)5-7-17-15(10)21/h1-8H,9H2,(H,17,21)(H,18,20). The van der Waals surface area contributed by atoms with Gasteiger partial charge in [0.05, 0.1) is 21.6 Å². The molecule has 0 unspecified atom stereocenters. The number of anilines is 1. The maximum absolute atomic E-state index is 12.1. The van der Waals surface area contributed by atoms with E-state index in [2.05, 4.69) is 10.3 Å². The molecule has 0 fully saturated rings. The predicted molar refractivity (Wildman–Crippen MR) is 82.6 cm³/mol. The van der Waals surface area contributed by atoms with Crippen molar-refractivity contribution in [3.63, 3.8) is 0 Å². The Morgan fingerprint density at radius 2 is 2.05 bits per heavy atom. The summed E-state index contributed by atoms with van der Waals surface area (Å²) in [6.07, 6.45) is 3.28. The zero-order valence-electron chi connectivity index (χ0n) is 11.0.